The lowest BCUT2D eigenvalue weighted by atomic mass is 9.95. The maximum absolute atomic E-state index is 12.4. The minimum atomic E-state index is -4.83. The first kappa shape index (κ1) is 12.4. The van der Waals surface area contributed by atoms with E-state index in [-0.39, 0.29) is 5.69 Å². The van der Waals surface area contributed by atoms with E-state index < -0.39 is 22.3 Å². The smallest absolute Gasteiger partial charge is 0.376 e. The summed E-state index contributed by atoms with van der Waals surface area (Å²) in [6, 6.07) is 3.59. The molecule has 0 aliphatic heterocycles. The molecular formula is C9H8F3NO3. The van der Waals surface area contributed by atoms with E-state index >= 15 is 0 Å². The summed E-state index contributed by atoms with van der Waals surface area (Å²) in [6.07, 6.45) is -4.83. The van der Waals surface area contributed by atoms with Crippen LogP contribution in [-0.4, -0.2) is 16.2 Å². The molecule has 0 radical (unpaired) electrons. The molecule has 1 atom stereocenters. The summed E-state index contributed by atoms with van der Waals surface area (Å²) in [5, 5.41) is 19.5. The van der Waals surface area contributed by atoms with Gasteiger partial charge in [-0.1, -0.05) is 0 Å². The number of alkyl halides is 3. The predicted octanol–water partition coefficient (Wildman–Crippen LogP) is 2.36. The van der Waals surface area contributed by atoms with E-state index in [1.165, 1.54) is 0 Å². The van der Waals surface area contributed by atoms with Crippen LogP contribution in [0.2, 0.25) is 0 Å². The molecule has 0 aromatic heterocycles. The van der Waals surface area contributed by atoms with Crippen molar-refractivity contribution in [2.75, 3.05) is 0 Å². The molecule has 1 aromatic carbocycles. The second-order valence-corrected chi connectivity index (χ2v) is 3.37. The van der Waals surface area contributed by atoms with Crippen molar-refractivity contribution in [1.82, 2.24) is 0 Å². The minimum Gasteiger partial charge on any atom is -0.376 e. The van der Waals surface area contributed by atoms with E-state index in [1.54, 1.807) is 0 Å². The summed E-state index contributed by atoms with van der Waals surface area (Å²) < 4.78 is 37.2. The van der Waals surface area contributed by atoms with Crippen LogP contribution >= 0.6 is 0 Å². The average Bonchev–Trinajstić information content (AvgIpc) is 2.16. The van der Waals surface area contributed by atoms with Crippen LogP contribution < -0.4 is 0 Å². The first-order valence-electron chi connectivity index (χ1n) is 4.20. The van der Waals surface area contributed by atoms with Crippen molar-refractivity contribution >= 4 is 5.69 Å². The van der Waals surface area contributed by atoms with E-state index in [9.17, 15) is 28.4 Å². The van der Waals surface area contributed by atoms with Gasteiger partial charge in [0.2, 0.25) is 0 Å². The van der Waals surface area contributed by atoms with E-state index in [4.69, 9.17) is 0 Å². The SMILES string of the molecule is C[C@@](O)(c1ccc([N+](=O)[O-])cc1)C(F)(F)F. The summed E-state index contributed by atoms with van der Waals surface area (Å²) in [4.78, 5) is 9.55. The van der Waals surface area contributed by atoms with Crippen LogP contribution in [0.3, 0.4) is 0 Å². The van der Waals surface area contributed by atoms with Gasteiger partial charge in [0.1, 0.15) is 0 Å². The summed E-state index contributed by atoms with van der Waals surface area (Å²) in [5.74, 6) is 0. The molecule has 7 heteroatoms. The predicted molar refractivity (Wildman–Crippen MR) is 48.7 cm³/mol. The van der Waals surface area contributed by atoms with Gasteiger partial charge in [0, 0.05) is 12.1 Å². The zero-order valence-corrected chi connectivity index (χ0v) is 8.15. The number of halogens is 3. The van der Waals surface area contributed by atoms with Crippen LogP contribution in [0.4, 0.5) is 18.9 Å². The number of nitrogens with zero attached hydrogens (tertiary/aromatic N) is 1. The van der Waals surface area contributed by atoms with Crippen molar-refractivity contribution < 1.29 is 23.2 Å². The number of rotatable bonds is 2. The highest BCUT2D eigenvalue weighted by Gasteiger charge is 2.51. The molecule has 1 rings (SSSR count). The molecule has 0 unspecified atom stereocenters. The quantitative estimate of drug-likeness (QED) is 0.632. The van der Waals surface area contributed by atoms with Gasteiger partial charge < -0.3 is 5.11 Å². The molecule has 1 N–H and O–H groups in total. The van der Waals surface area contributed by atoms with Crippen LogP contribution in [0.25, 0.3) is 0 Å². The van der Waals surface area contributed by atoms with Crippen LogP contribution in [0.5, 0.6) is 0 Å². The van der Waals surface area contributed by atoms with Gasteiger partial charge in [-0.3, -0.25) is 10.1 Å². The van der Waals surface area contributed by atoms with Crippen LogP contribution in [0.15, 0.2) is 24.3 Å². The lowest BCUT2D eigenvalue weighted by Crippen LogP contribution is -2.39. The van der Waals surface area contributed by atoms with E-state index in [0.717, 1.165) is 24.3 Å². The third-order valence-electron chi connectivity index (χ3n) is 2.19. The lowest BCUT2D eigenvalue weighted by Gasteiger charge is -2.26. The number of non-ortho nitro benzene ring substituents is 1. The number of benzene rings is 1. The molecule has 0 saturated heterocycles. The first-order chi connectivity index (χ1) is 7.16. The average molecular weight is 235 g/mol. The fraction of sp³-hybridized carbons (Fsp3) is 0.333. The fourth-order valence-corrected chi connectivity index (χ4v) is 1.07. The van der Waals surface area contributed by atoms with E-state index in [1.807, 2.05) is 0 Å². The van der Waals surface area contributed by atoms with Gasteiger partial charge in [-0.05, 0) is 24.6 Å². The summed E-state index contributed by atoms with van der Waals surface area (Å²) in [7, 11) is 0. The number of nitro benzene ring substituents is 1. The molecule has 1 aromatic rings. The molecule has 0 bridgehead atoms. The molecule has 0 fully saturated rings. The minimum absolute atomic E-state index is 0.332. The van der Waals surface area contributed by atoms with Crippen LogP contribution in [-0.2, 0) is 5.60 Å². The second-order valence-electron chi connectivity index (χ2n) is 3.37. The summed E-state index contributed by atoms with van der Waals surface area (Å²) in [6.45, 7) is 0.591. The first-order valence-corrected chi connectivity index (χ1v) is 4.20. The second kappa shape index (κ2) is 3.75. The molecule has 88 valence electrons. The molecule has 4 nitrogen and oxygen atoms in total. The molecule has 16 heavy (non-hydrogen) atoms. The van der Waals surface area contributed by atoms with E-state index in [0.29, 0.717) is 6.92 Å². The van der Waals surface area contributed by atoms with Crippen LogP contribution in [0.1, 0.15) is 12.5 Å². The standard InChI is InChI=1S/C9H8F3NO3/c1-8(14,9(10,11)12)6-2-4-7(5-3-6)13(15)16/h2-5,14H,1H3/t8-/m1/s1. The molecule has 0 saturated carbocycles. The highest BCUT2D eigenvalue weighted by molar-refractivity contribution is 5.35. The Morgan fingerprint density at radius 3 is 2.00 bits per heavy atom. The maximum Gasteiger partial charge on any atom is 0.421 e. The molecular weight excluding hydrogens is 227 g/mol. The Bertz CT molecular complexity index is 397. The van der Waals surface area contributed by atoms with Crippen molar-refractivity contribution in [3.05, 3.63) is 39.9 Å². The molecule has 0 aliphatic rings. The van der Waals surface area contributed by atoms with Gasteiger partial charge in [0.15, 0.2) is 5.60 Å². The van der Waals surface area contributed by atoms with Gasteiger partial charge in [0.05, 0.1) is 4.92 Å². The Hall–Kier alpha value is -1.63. The van der Waals surface area contributed by atoms with Gasteiger partial charge in [-0.15, -0.1) is 0 Å². The lowest BCUT2D eigenvalue weighted by molar-refractivity contribution is -0.384. The van der Waals surface area contributed by atoms with Gasteiger partial charge in [-0.25, -0.2) is 0 Å². The monoisotopic (exact) mass is 235 g/mol. The highest BCUT2D eigenvalue weighted by atomic mass is 19.4. The zero-order chi connectivity index (χ0) is 12.6. The Kier molecular flexibility index (Phi) is 2.91. The number of hydrogen-bond donors (Lipinski definition) is 1. The zero-order valence-electron chi connectivity index (χ0n) is 8.15. The summed E-state index contributed by atoms with van der Waals surface area (Å²) >= 11 is 0. The van der Waals surface area contributed by atoms with Crippen molar-refractivity contribution in [2.45, 2.75) is 18.7 Å². The third kappa shape index (κ3) is 2.13. The Labute approximate surface area is 88.5 Å². The fourth-order valence-electron chi connectivity index (χ4n) is 1.07. The normalized spacial score (nSPS) is 15.6. The van der Waals surface area contributed by atoms with Crippen LogP contribution in [0, 0.1) is 10.1 Å². The Balaban J connectivity index is 3.11. The van der Waals surface area contributed by atoms with Crippen molar-refractivity contribution in [2.24, 2.45) is 0 Å². The molecule has 0 aliphatic carbocycles. The number of aliphatic hydroxyl groups is 1. The van der Waals surface area contributed by atoms with Crippen molar-refractivity contribution in [3.8, 4) is 0 Å². The summed E-state index contributed by atoms with van der Waals surface area (Å²) in [5.41, 5.74) is -3.78. The molecule has 0 spiro atoms. The van der Waals surface area contributed by atoms with Crippen molar-refractivity contribution in [1.29, 1.82) is 0 Å². The number of nitro groups is 1. The molecule has 0 amide bonds. The van der Waals surface area contributed by atoms with Gasteiger partial charge in [-0.2, -0.15) is 13.2 Å². The Morgan fingerprint density at radius 2 is 1.69 bits per heavy atom. The Morgan fingerprint density at radius 1 is 1.25 bits per heavy atom. The third-order valence-corrected chi connectivity index (χ3v) is 2.19. The van der Waals surface area contributed by atoms with Crippen molar-refractivity contribution in [3.63, 3.8) is 0 Å². The van der Waals surface area contributed by atoms with Gasteiger partial charge in [0.25, 0.3) is 5.69 Å². The highest BCUT2D eigenvalue weighted by Crippen LogP contribution is 2.38. The topological polar surface area (TPSA) is 63.4 Å². The number of hydrogen-bond acceptors (Lipinski definition) is 3. The molecule has 0 heterocycles. The largest absolute Gasteiger partial charge is 0.421 e. The maximum atomic E-state index is 12.4. The van der Waals surface area contributed by atoms with Gasteiger partial charge >= 0.3 is 6.18 Å². The van der Waals surface area contributed by atoms with E-state index in [2.05, 4.69) is 0 Å².